The molecule has 0 saturated carbocycles. The summed E-state index contributed by atoms with van der Waals surface area (Å²) in [6, 6.07) is 18.0. The number of benzene rings is 2. The summed E-state index contributed by atoms with van der Waals surface area (Å²) >= 11 is 6.04. The van der Waals surface area contributed by atoms with E-state index in [0.717, 1.165) is 17.5 Å². The number of hydrogen-bond acceptors (Lipinski definition) is 5. The van der Waals surface area contributed by atoms with Crippen molar-refractivity contribution in [2.24, 2.45) is 0 Å². The van der Waals surface area contributed by atoms with Gasteiger partial charge in [0.05, 0.1) is 12.1 Å². The molecule has 1 aliphatic heterocycles. The van der Waals surface area contributed by atoms with Gasteiger partial charge in [0.2, 0.25) is 5.95 Å². The molecule has 7 nitrogen and oxygen atoms in total. The molecule has 2 unspecified atom stereocenters. The molecule has 1 amide bonds. The van der Waals surface area contributed by atoms with Gasteiger partial charge in [-0.2, -0.15) is 4.98 Å². The van der Waals surface area contributed by atoms with Crippen LogP contribution >= 0.6 is 11.6 Å². The van der Waals surface area contributed by atoms with Gasteiger partial charge in [-0.3, -0.25) is 10.1 Å². The van der Waals surface area contributed by atoms with E-state index in [1.165, 1.54) is 7.11 Å². The lowest BCUT2D eigenvalue weighted by atomic mass is 9.93. The van der Waals surface area contributed by atoms with Gasteiger partial charge in [-0.05, 0) is 29.7 Å². The van der Waals surface area contributed by atoms with Gasteiger partial charge in [0.15, 0.2) is 0 Å². The third-order valence-electron chi connectivity index (χ3n) is 4.67. The molecule has 2 N–H and O–H groups in total. The summed E-state index contributed by atoms with van der Waals surface area (Å²) in [5, 5.41) is 11.3. The highest BCUT2D eigenvalue weighted by Gasteiger charge is 2.31. The van der Waals surface area contributed by atoms with Crippen LogP contribution in [0.4, 0.5) is 11.9 Å². The molecule has 0 saturated heterocycles. The summed E-state index contributed by atoms with van der Waals surface area (Å²) in [6.07, 6.45) is 0.785. The Hall–Kier alpha value is -2.90. The second-order valence-electron chi connectivity index (χ2n) is 6.60. The lowest BCUT2D eigenvalue weighted by molar-refractivity contribution is -0.119. The summed E-state index contributed by atoms with van der Waals surface area (Å²) in [7, 11) is 1.47. The number of rotatable bonds is 5. The summed E-state index contributed by atoms with van der Waals surface area (Å²) in [4.78, 5) is 16.3. The summed E-state index contributed by atoms with van der Waals surface area (Å²) < 4.78 is 6.68. The Morgan fingerprint density at radius 1 is 1.21 bits per heavy atom. The maximum Gasteiger partial charge on any atom is 0.252 e. The van der Waals surface area contributed by atoms with E-state index < -0.39 is 0 Å². The van der Waals surface area contributed by atoms with E-state index in [9.17, 15) is 4.79 Å². The minimum Gasteiger partial charge on any atom is -0.375 e. The number of amides is 1. The number of halogens is 1. The third kappa shape index (κ3) is 3.85. The highest BCUT2D eigenvalue weighted by Crippen LogP contribution is 2.38. The molecule has 0 spiro atoms. The molecular formula is C20H20ClN5O2. The molecule has 8 heteroatoms. The smallest absolute Gasteiger partial charge is 0.252 e. The highest BCUT2D eigenvalue weighted by molar-refractivity contribution is 6.30. The van der Waals surface area contributed by atoms with Crippen molar-refractivity contribution < 1.29 is 9.53 Å². The summed E-state index contributed by atoms with van der Waals surface area (Å²) in [5.41, 5.74) is 2.24. The largest absolute Gasteiger partial charge is 0.375 e. The molecule has 3 aromatic rings. The first-order chi connectivity index (χ1) is 13.6. The van der Waals surface area contributed by atoms with Crippen LogP contribution in [0.2, 0.25) is 5.02 Å². The fourth-order valence-corrected chi connectivity index (χ4v) is 3.51. The van der Waals surface area contributed by atoms with E-state index in [2.05, 4.69) is 32.8 Å². The first-order valence-electron chi connectivity index (χ1n) is 8.96. The van der Waals surface area contributed by atoms with Crippen LogP contribution in [0.1, 0.15) is 29.6 Å². The Balaban J connectivity index is 1.68. The van der Waals surface area contributed by atoms with E-state index in [1.54, 1.807) is 0 Å². The molecule has 2 heterocycles. The Morgan fingerprint density at radius 2 is 1.96 bits per heavy atom. The van der Waals surface area contributed by atoms with Crippen LogP contribution in [0.25, 0.3) is 0 Å². The third-order valence-corrected chi connectivity index (χ3v) is 4.92. The number of ether oxygens (including phenoxy) is 1. The molecule has 0 radical (unpaired) electrons. The van der Waals surface area contributed by atoms with E-state index in [4.69, 9.17) is 16.3 Å². The summed E-state index contributed by atoms with van der Waals surface area (Å²) in [5.74, 6) is 0.561. The van der Waals surface area contributed by atoms with Crippen molar-refractivity contribution in [3.8, 4) is 0 Å². The average Bonchev–Trinajstić information content (AvgIpc) is 3.10. The Bertz CT molecular complexity index is 958. The van der Waals surface area contributed by atoms with Gasteiger partial charge in [-0.1, -0.05) is 54.1 Å². The first kappa shape index (κ1) is 18.5. The standard InChI is InChI=1S/C20H20ClN5O2/c1-28-12-18(27)23-19-24-20-22-16(13-7-9-15(21)10-8-13)11-17(26(20)25-19)14-5-3-2-4-6-14/h2-10,16-17H,11-12H2,1H3,(H2,22,23,24,25,27). The van der Waals surface area contributed by atoms with Gasteiger partial charge >= 0.3 is 0 Å². The van der Waals surface area contributed by atoms with E-state index >= 15 is 0 Å². The van der Waals surface area contributed by atoms with Crippen molar-refractivity contribution in [2.45, 2.75) is 18.5 Å². The zero-order chi connectivity index (χ0) is 19.5. The number of anilines is 2. The lowest BCUT2D eigenvalue weighted by Gasteiger charge is -2.31. The molecule has 144 valence electrons. The van der Waals surface area contributed by atoms with Crippen molar-refractivity contribution in [2.75, 3.05) is 24.4 Å². The highest BCUT2D eigenvalue weighted by atomic mass is 35.5. The van der Waals surface area contributed by atoms with Crippen LogP contribution in [-0.2, 0) is 9.53 Å². The zero-order valence-corrected chi connectivity index (χ0v) is 16.1. The minimum atomic E-state index is -0.295. The number of hydrogen-bond donors (Lipinski definition) is 2. The van der Waals surface area contributed by atoms with Gasteiger partial charge in [0.1, 0.15) is 6.61 Å². The van der Waals surface area contributed by atoms with Crippen molar-refractivity contribution in [3.05, 3.63) is 70.7 Å². The number of methoxy groups -OCH3 is 1. The van der Waals surface area contributed by atoms with Crippen LogP contribution in [0, 0.1) is 0 Å². The quantitative estimate of drug-likeness (QED) is 0.686. The molecule has 0 aliphatic carbocycles. The molecule has 2 atom stereocenters. The normalized spacial score (nSPS) is 18.2. The SMILES string of the molecule is COCC(=O)Nc1nc2n(n1)C(c1ccccc1)CC(c1ccc(Cl)cc1)N2. The second-order valence-corrected chi connectivity index (χ2v) is 7.03. The van der Waals surface area contributed by atoms with Crippen molar-refractivity contribution >= 4 is 29.4 Å². The molecule has 1 aliphatic rings. The van der Waals surface area contributed by atoms with Gasteiger partial charge in [-0.15, -0.1) is 5.10 Å². The maximum atomic E-state index is 11.8. The lowest BCUT2D eigenvalue weighted by Crippen LogP contribution is -2.28. The molecule has 28 heavy (non-hydrogen) atoms. The fourth-order valence-electron chi connectivity index (χ4n) is 3.39. The maximum absolute atomic E-state index is 11.8. The minimum absolute atomic E-state index is 0.0151. The van der Waals surface area contributed by atoms with Gasteiger partial charge in [0.25, 0.3) is 11.9 Å². The summed E-state index contributed by atoms with van der Waals surface area (Å²) in [6.45, 7) is -0.0488. The van der Waals surface area contributed by atoms with Gasteiger partial charge in [-0.25, -0.2) is 4.68 Å². The second kappa shape index (κ2) is 8.00. The van der Waals surface area contributed by atoms with E-state index in [1.807, 2.05) is 47.1 Å². The molecular weight excluding hydrogens is 378 g/mol. The fraction of sp³-hybridized carbons (Fsp3) is 0.250. The average molecular weight is 398 g/mol. The number of carbonyl (C=O) groups is 1. The van der Waals surface area contributed by atoms with Crippen LogP contribution in [0.5, 0.6) is 0 Å². The van der Waals surface area contributed by atoms with Crippen molar-refractivity contribution in [1.82, 2.24) is 14.8 Å². The van der Waals surface area contributed by atoms with Crippen LogP contribution < -0.4 is 10.6 Å². The number of fused-ring (bicyclic) bond motifs is 1. The zero-order valence-electron chi connectivity index (χ0n) is 15.3. The first-order valence-corrected chi connectivity index (χ1v) is 9.34. The van der Waals surface area contributed by atoms with Crippen LogP contribution in [0.3, 0.4) is 0 Å². The molecule has 2 aromatic carbocycles. The van der Waals surface area contributed by atoms with Crippen molar-refractivity contribution in [3.63, 3.8) is 0 Å². The van der Waals surface area contributed by atoms with Crippen LogP contribution in [0.15, 0.2) is 54.6 Å². The Morgan fingerprint density at radius 3 is 2.68 bits per heavy atom. The number of carbonyl (C=O) groups excluding carboxylic acids is 1. The Kier molecular flexibility index (Phi) is 5.27. The van der Waals surface area contributed by atoms with E-state index in [0.29, 0.717) is 11.0 Å². The number of nitrogens with one attached hydrogen (secondary N) is 2. The topological polar surface area (TPSA) is 81.1 Å². The van der Waals surface area contributed by atoms with Crippen molar-refractivity contribution in [1.29, 1.82) is 0 Å². The van der Waals surface area contributed by atoms with Gasteiger partial charge < -0.3 is 10.1 Å². The predicted molar refractivity (Wildman–Crippen MR) is 108 cm³/mol. The molecule has 0 fully saturated rings. The number of aromatic nitrogens is 3. The monoisotopic (exact) mass is 397 g/mol. The molecule has 4 rings (SSSR count). The van der Waals surface area contributed by atoms with Crippen LogP contribution in [-0.4, -0.2) is 34.4 Å². The Labute approximate surface area is 167 Å². The van der Waals surface area contributed by atoms with E-state index in [-0.39, 0.29) is 30.5 Å². The predicted octanol–water partition coefficient (Wildman–Crippen LogP) is 3.66. The van der Waals surface area contributed by atoms with Gasteiger partial charge in [0, 0.05) is 12.1 Å². The molecule has 0 bridgehead atoms. The molecule has 1 aromatic heterocycles. The number of nitrogens with zero attached hydrogens (tertiary/aromatic N) is 3.